The highest BCUT2D eigenvalue weighted by Gasteiger charge is 2.31. The van der Waals surface area contributed by atoms with Gasteiger partial charge in [0.25, 0.3) is 5.56 Å². The monoisotopic (exact) mass is 638 g/mol. The molecular weight excluding hydrogens is 604 g/mol. The van der Waals surface area contributed by atoms with Crippen LogP contribution in [0.5, 0.6) is 34.5 Å². The molecule has 0 atom stereocenters. The van der Waals surface area contributed by atoms with Gasteiger partial charge < -0.3 is 37.6 Å². The number of methoxy groups -OCH3 is 4. The van der Waals surface area contributed by atoms with Crippen LogP contribution >= 0.6 is 0 Å². The second kappa shape index (κ2) is 12.2. The molecule has 5 aromatic rings. The minimum absolute atomic E-state index is 0.189. The topological polar surface area (TPSA) is 116 Å². The third kappa shape index (κ3) is 5.13. The van der Waals surface area contributed by atoms with E-state index < -0.39 is 11.9 Å². The van der Waals surface area contributed by atoms with E-state index >= 15 is 0 Å². The highest BCUT2D eigenvalue weighted by molar-refractivity contribution is 6.18. The van der Waals surface area contributed by atoms with E-state index in [0.717, 1.165) is 27.9 Å². The van der Waals surface area contributed by atoms with Gasteiger partial charge in [0.1, 0.15) is 5.52 Å². The van der Waals surface area contributed by atoms with Gasteiger partial charge in [0.2, 0.25) is 0 Å². The molecule has 0 unspecified atom stereocenters. The van der Waals surface area contributed by atoms with Gasteiger partial charge in [-0.3, -0.25) is 14.4 Å². The molecule has 11 heteroatoms. The van der Waals surface area contributed by atoms with Crippen molar-refractivity contribution in [2.24, 2.45) is 0 Å². The van der Waals surface area contributed by atoms with E-state index in [1.54, 1.807) is 37.0 Å². The summed E-state index contributed by atoms with van der Waals surface area (Å²) >= 11 is 0. The van der Waals surface area contributed by atoms with Crippen molar-refractivity contribution in [3.05, 3.63) is 71.0 Å². The fourth-order valence-electron chi connectivity index (χ4n) is 6.45. The van der Waals surface area contributed by atoms with E-state index in [-0.39, 0.29) is 17.9 Å². The zero-order valence-corrected chi connectivity index (χ0v) is 27.0. The van der Waals surface area contributed by atoms with Crippen LogP contribution in [0.3, 0.4) is 0 Å². The first-order valence-corrected chi connectivity index (χ1v) is 14.9. The minimum atomic E-state index is -0.523. The van der Waals surface area contributed by atoms with Crippen LogP contribution in [0.2, 0.25) is 0 Å². The Balaban J connectivity index is 1.84. The number of fused-ring (bicyclic) bond motifs is 7. The van der Waals surface area contributed by atoms with E-state index in [1.165, 1.54) is 28.1 Å². The molecule has 3 heterocycles. The van der Waals surface area contributed by atoms with Crippen LogP contribution in [0.1, 0.15) is 19.4 Å². The molecule has 6 rings (SSSR count). The first kappa shape index (κ1) is 31.3. The fraction of sp³-hybridized carbons (Fsp3) is 0.250. The minimum Gasteiger partial charge on any atom is -0.493 e. The van der Waals surface area contributed by atoms with Crippen molar-refractivity contribution in [2.75, 3.05) is 28.4 Å². The first-order chi connectivity index (χ1) is 22.6. The quantitative estimate of drug-likeness (QED) is 0.110. The number of esters is 2. The largest absolute Gasteiger partial charge is 0.493 e. The van der Waals surface area contributed by atoms with E-state index in [0.29, 0.717) is 63.5 Å². The number of ether oxygens (including phenoxy) is 6. The molecule has 11 nitrogen and oxygen atoms in total. The molecule has 0 N–H and O–H groups in total. The molecule has 0 saturated heterocycles. The Morgan fingerprint density at radius 1 is 0.809 bits per heavy atom. The maximum atomic E-state index is 14.6. The molecule has 47 heavy (non-hydrogen) atoms. The predicted molar refractivity (Wildman–Crippen MR) is 177 cm³/mol. The molecule has 1 aliphatic heterocycles. The number of pyridine rings is 1. The smallest absolute Gasteiger partial charge is 0.308 e. The Bertz CT molecular complexity index is 2170. The van der Waals surface area contributed by atoms with E-state index in [2.05, 4.69) is 6.58 Å². The zero-order chi connectivity index (χ0) is 33.6. The van der Waals surface area contributed by atoms with Crippen molar-refractivity contribution < 1.29 is 38.0 Å². The van der Waals surface area contributed by atoms with Gasteiger partial charge in [-0.15, -0.1) is 6.58 Å². The third-order valence-electron chi connectivity index (χ3n) is 8.29. The summed E-state index contributed by atoms with van der Waals surface area (Å²) in [4.78, 5) is 38.5. The van der Waals surface area contributed by atoms with Crippen molar-refractivity contribution in [3.63, 3.8) is 0 Å². The van der Waals surface area contributed by atoms with Crippen LogP contribution in [-0.2, 0) is 29.1 Å². The van der Waals surface area contributed by atoms with Crippen LogP contribution in [0.15, 0.2) is 59.9 Å². The number of aryl methyl sites for hydroxylation is 2. The molecule has 0 aliphatic carbocycles. The Labute approximate surface area is 270 Å². The lowest BCUT2D eigenvalue weighted by Gasteiger charge is -2.23. The number of nitrogens with zero attached hydrogens (tertiary/aromatic N) is 2. The third-order valence-corrected chi connectivity index (χ3v) is 8.29. The standard InChI is InChI=1S/C36H34N2O9/c1-8-12-37-25-18-31(47-20(3)40)29(45-7)17-24(25)33-32(22-9-10-26(42-4)27(15-22)43-5)34-23-16-28(44-6)30(46-19(2)39)14-21(23)11-13-38(34)35(33)36(37)41/h8-10,14-18H,1,11-13H2,2-7H3. The highest BCUT2D eigenvalue weighted by atomic mass is 16.6. The Morgan fingerprint density at radius 2 is 1.43 bits per heavy atom. The highest BCUT2D eigenvalue weighted by Crippen LogP contribution is 2.50. The summed E-state index contributed by atoms with van der Waals surface area (Å²) in [5.74, 6) is 1.28. The number of allylic oxidation sites excluding steroid dienone is 1. The molecule has 0 saturated carbocycles. The summed E-state index contributed by atoms with van der Waals surface area (Å²) in [6, 6.07) is 12.7. The summed E-state index contributed by atoms with van der Waals surface area (Å²) in [6.45, 7) is 7.21. The molecular formula is C36H34N2O9. The normalized spacial score (nSPS) is 11.9. The lowest BCUT2D eigenvalue weighted by molar-refractivity contribution is -0.132. The number of hydrogen-bond donors (Lipinski definition) is 0. The lowest BCUT2D eigenvalue weighted by atomic mass is 9.91. The van der Waals surface area contributed by atoms with Crippen molar-refractivity contribution in [2.45, 2.75) is 33.4 Å². The van der Waals surface area contributed by atoms with Crippen molar-refractivity contribution >= 4 is 33.7 Å². The van der Waals surface area contributed by atoms with Gasteiger partial charge in [-0.25, -0.2) is 0 Å². The molecule has 2 aromatic heterocycles. The van der Waals surface area contributed by atoms with Crippen LogP contribution in [0.25, 0.3) is 44.2 Å². The van der Waals surface area contributed by atoms with Crippen LogP contribution in [0, 0.1) is 0 Å². The average Bonchev–Trinajstić information content (AvgIpc) is 3.41. The molecule has 1 aliphatic rings. The second-order valence-corrected chi connectivity index (χ2v) is 11.0. The summed E-state index contributed by atoms with van der Waals surface area (Å²) in [7, 11) is 6.14. The van der Waals surface area contributed by atoms with E-state index in [1.807, 2.05) is 34.9 Å². The Morgan fingerprint density at radius 3 is 2.04 bits per heavy atom. The van der Waals surface area contributed by atoms with Gasteiger partial charge in [-0.05, 0) is 47.9 Å². The number of aromatic nitrogens is 2. The fourth-order valence-corrected chi connectivity index (χ4v) is 6.45. The summed E-state index contributed by atoms with van der Waals surface area (Å²) in [6.07, 6.45) is 2.21. The molecule has 3 aromatic carbocycles. The van der Waals surface area contributed by atoms with Gasteiger partial charge in [0.05, 0.1) is 39.6 Å². The van der Waals surface area contributed by atoms with E-state index in [4.69, 9.17) is 28.4 Å². The van der Waals surface area contributed by atoms with Crippen LogP contribution < -0.4 is 34.0 Å². The summed E-state index contributed by atoms with van der Waals surface area (Å²) in [5, 5.41) is 1.38. The van der Waals surface area contributed by atoms with Gasteiger partial charge in [-0.1, -0.05) is 12.1 Å². The predicted octanol–water partition coefficient (Wildman–Crippen LogP) is 5.92. The first-order valence-electron chi connectivity index (χ1n) is 14.9. The van der Waals surface area contributed by atoms with Crippen molar-refractivity contribution in [1.29, 1.82) is 0 Å². The average molecular weight is 639 g/mol. The van der Waals surface area contributed by atoms with Gasteiger partial charge in [-0.2, -0.15) is 0 Å². The molecule has 0 amide bonds. The maximum Gasteiger partial charge on any atom is 0.308 e. The Kier molecular flexibility index (Phi) is 8.14. The molecule has 242 valence electrons. The number of benzene rings is 3. The van der Waals surface area contributed by atoms with Gasteiger partial charge in [0.15, 0.2) is 34.5 Å². The summed E-state index contributed by atoms with van der Waals surface area (Å²) in [5.41, 5.74) is 4.81. The number of carbonyl (C=O) groups excluding carboxylic acids is 2. The maximum absolute atomic E-state index is 14.6. The molecule has 0 radical (unpaired) electrons. The van der Waals surface area contributed by atoms with Gasteiger partial charge >= 0.3 is 11.9 Å². The SMILES string of the molecule is C=CCn1c(=O)c2c(c(-c3ccc(OC)c(OC)c3)c3n2CCc2cc(OC(C)=O)c(OC)cc2-3)c2cc(OC)c(OC(C)=O)cc21. The zero-order valence-electron chi connectivity index (χ0n) is 27.0. The molecule has 0 spiro atoms. The van der Waals surface area contributed by atoms with Gasteiger partial charge in [0, 0.05) is 54.9 Å². The number of hydrogen-bond acceptors (Lipinski definition) is 9. The Hall–Kier alpha value is -5.71. The van der Waals surface area contributed by atoms with E-state index in [9.17, 15) is 14.4 Å². The van der Waals surface area contributed by atoms with Crippen LogP contribution in [0.4, 0.5) is 0 Å². The number of carbonyl (C=O) groups is 2. The lowest BCUT2D eigenvalue weighted by Crippen LogP contribution is -2.23. The number of rotatable bonds is 9. The second-order valence-electron chi connectivity index (χ2n) is 11.0. The van der Waals surface area contributed by atoms with Crippen LogP contribution in [-0.4, -0.2) is 49.5 Å². The molecule has 0 fully saturated rings. The molecule has 0 bridgehead atoms. The summed E-state index contributed by atoms with van der Waals surface area (Å²) < 4.78 is 37.2. The van der Waals surface area contributed by atoms with Crippen molar-refractivity contribution in [1.82, 2.24) is 9.13 Å². The van der Waals surface area contributed by atoms with Crippen molar-refractivity contribution in [3.8, 4) is 56.9 Å².